The zero-order valence-corrected chi connectivity index (χ0v) is 3.94. The van der Waals surface area contributed by atoms with Gasteiger partial charge in [-0.1, -0.05) is 12.1 Å². The average molecular weight is 89.1 g/mol. The minimum Gasteiger partial charge on any atom is -0.0578 e. The first-order valence-electron chi connectivity index (χ1n) is 2.09. The first-order chi connectivity index (χ1) is 3.39. The lowest BCUT2D eigenvalue weighted by Crippen LogP contribution is -1.64. The predicted octanol–water partition coefficient (Wildman–Crippen LogP) is 1.47. The molecule has 0 heterocycles. The zero-order valence-electron chi connectivity index (χ0n) is 3.94. The largest absolute Gasteiger partial charge is 0.0578 e. The molecule has 0 nitrogen and oxygen atoms in total. The Morgan fingerprint density at radius 1 is 1.57 bits per heavy atom. The quantitative estimate of drug-likeness (QED) is 0.451. The number of benzene rings is 1. The van der Waals surface area contributed by atoms with Crippen molar-refractivity contribution in [2.24, 2.45) is 0 Å². The third-order valence-corrected chi connectivity index (χ3v) is 0.722. The summed E-state index contributed by atoms with van der Waals surface area (Å²) in [5.41, 5.74) is 0.916. The van der Waals surface area contributed by atoms with Gasteiger partial charge in [0.2, 0.25) is 0 Å². The average Bonchev–Trinajstić information content (AvgIpc) is 1.69. The van der Waals surface area contributed by atoms with E-state index in [1.54, 1.807) is 6.07 Å². The highest BCUT2D eigenvalue weighted by molar-refractivity contribution is 5.14. The van der Waals surface area contributed by atoms with E-state index in [1.807, 2.05) is 12.1 Å². The van der Waals surface area contributed by atoms with Crippen LogP contribution in [0.4, 0.5) is 0 Å². The highest BCUT2D eigenvalue weighted by Crippen LogP contribution is 1.90. The van der Waals surface area contributed by atoms with Crippen molar-refractivity contribution in [3.05, 3.63) is 42.8 Å². The standard InChI is InChI=1S/C7H5/c1-7-5-3-2-4-6-7/h3-5H,1H2. The van der Waals surface area contributed by atoms with Crippen LogP contribution in [0.3, 0.4) is 0 Å². The molecule has 0 amide bonds. The van der Waals surface area contributed by atoms with Gasteiger partial charge in [0.1, 0.15) is 0 Å². The molecule has 0 saturated carbocycles. The second kappa shape index (κ2) is 1.78. The third-order valence-electron chi connectivity index (χ3n) is 0.722. The van der Waals surface area contributed by atoms with Crippen LogP contribution in [0.1, 0.15) is 5.56 Å². The van der Waals surface area contributed by atoms with Gasteiger partial charge < -0.3 is 0 Å². The molecule has 0 atom stereocenters. The second-order valence-electron chi connectivity index (χ2n) is 1.31. The Labute approximate surface area is 43.8 Å². The summed E-state index contributed by atoms with van der Waals surface area (Å²) < 4.78 is 0. The predicted molar refractivity (Wildman–Crippen MR) is 28.6 cm³/mol. The molecule has 3 radical (unpaired) electrons. The normalized spacial score (nSPS) is 8.71. The minimum absolute atomic E-state index is 0.916. The molecule has 0 aliphatic heterocycles. The molecule has 33 valence electrons. The van der Waals surface area contributed by atoms with Crippen LogP contribution in [0.15, 0.2) is 18.2 Å². The van der Waals surface area contributed by atoms with Gasteiger partial charge in [-0.15, -0.1) is 0 Å². The molecule has 0 spiro atoms. The van der Waals surface area contributed by atoms with E-state index in [0.29, 0.717) is 0 Å². The molecule has 1 aromatic rings. The lowest BCUT2D eigenvalue weighted by Gasteiger charge is -1.80. The van der Waals surface area contributed by atoms with Crippen LogP contribution in [0.25, 0.3) is 0 Å². The molecular weight excluding hydrogens is 84.1 g/mol. The van der Waals surface area contributed by atoms with Crippen molar-refractivity contribution in [3.63, 3.8) is 0 Å². The van der Waals surface area contributed by atoms with Gasteiger partial charge in [0, 0.05) is 0 Å². The molecule has 0 fully saturated rings. The van der Waals surface area contributed by atoms with Gasteiger partial charge in [-0.2, -0.15) is 0 Å². The van der Waals surface area contributed by atoms with Crippen LogP contribution in [0, 0.1) is 19.1 Å². The van der Waals surface area contributed by atoms with Crippen molar-refractivity contribution in [2.45, 2.75) is 0 Å². The Bertz CT molecular complexity index is 130. The van der Waals surface area contributed by atoms with E-state index < -0.39 is 0 Å². The molecule has 0 saturated heterocycles. The summed E-state index contributed by atoms with van der Waals surface area (Å²) in [4.78, 5) is 0. The summed E-state index contributed by atoms with van der Waals surface area (Å²) in [7, 11) is 0. The molecule has 0 heteroatoms. The maximum absolute atomic E-state index is 3.64. The Balaban J connectivity index is 3.02. The van der Waals surface area contributed by atoms with E-state index in [0.717, 1.165) is 5.56 Å². The molecule has 0 aliphatic rings. The third kappa shape index (κ3) is 1.04. The van der Waals surface area contributed by atoms with Gasteiger partial charge in [-0.25, -0.2) is 0 Å². The summed E-state index contributed by atoms with van der Waals surface area (Å²) >= 11 is 0. The molecule has 1 aromatic carbocycles. The van der Waals surface area contributed by atoms with Crippen LogP contribution in [-0.2, 0) is 0 Å². The zero-order chi connectivity index (χ0) is 5.11. The first-order valence-corrected chi connectivity index (χ1v) is 2.09. The van der Waals surface area contributed by atoms with Crippen molar-refractivity contribution < 1.29 is 0 Å². The Morgan fingerprint density at radius 2 is 2.43 bits per heavy atom. The summed E-state index contributed by atoms with van der Waals surface area (Å²) in [6.45, 7) is 3.64. The SMILES string of the molecule is [CH2]c1[c]c[c]cc1. The van der Waals surface area contributed by atoms with Crippen molar-refractivity contribution in [2.75, 3.05) is 0 Å². The van der Waals surface area contributed by atoms with Crippen molar-refractivity contribution in [1.29, 1.82) is 0 Å². The van der Waals surface area contributed by atoms with Crippen molar-refractivity contribution in [3.8, 4) is 0 Å². The van der Waals surface area contributed by atoms with Gasteiger partial charge in [0.25, 0.3) is 0 Å². The highest BCUT2D eigenvalue weighted by Gasteiger charge is 1.73. The maximum atomic E-state index is 3.64. The lowest BCUT2D eigenvalue weighted by atomic mass is 10.2. The van der Waals surface area contributed by atoms with Crippen LogP contribution in [0.5, 0.6) is 0 Å². The summed E-state index contributed by atoms with van der Waals surface area (Å²) in [6, 6.07) is 11.1. The summed E-state index contributed by atoms with van der Waals surface area (Å²) in [5.74, 6) is 0. The Hall–Kier alpha value is -0.780. The topological polar surface area (TPSA) is 0 Å². The molecule has 0 unspecified atom stereocenters. The second-order valence-corrected chi connectivity index (χ2v) is 1.31. The molecule has 1 rings (SSSR count). The first kappa shape index (κ1) is 4.38. The van der Waals surface area contributed by atoms with E-state index in [4.69, 9.17) is 0 Å². The highest BCUT2D eigenvalue weighted by atomic mass is 13.8. The van der Waals surface area contributed by atoms with Crippen LogP contribution < -0.4 is 0 Å². The van der Waals surface area contributed by atoms with Crippen LogP contribution in [0.2, 0.25) is 0 Å². The summed E-state index contributed by atoms with van der Waals surface area (Å²) in [5, 5.41) is 0. The molecule has 0 aromatic heterocycles. The fourth-order valence-electron chi connectivity index (χ4n) is 0.379. The summed E-state index contributed by atoms with van der Waals surface area (Å²) in [6.07, 6.45) is 0. The van der Waals surface area contributed by atoms with Crippen LogP contribution in [-0.4, -0.2) is 0 Å². The van der Waals surface area contributed by atoms with Gasteiger partial charge >= 0.3 is 0 Å². The molecule has 0 N–H and O–H groups in total. The van der Waals surface area contributed by atoms with E-state index >= 15 is 0 Å². The van der Waals surface area contributed by atoms with Crippen LogP contribution >= 0.6 is 0 Å². The maximum Gasteiger partial charge on any atom is -0.0143 e. The molecular formula is C7H5. The molecule has 0 aliphatic carbocycles. The Morgan fingerprint density at radius 3 is 2.71 bits per heavy atom. The number of hydrogen-bond donors (Lipinski definition) is 0. The van der Waals surface area contributed by atoms with E-state index in [1.165, 1.54) is 0 Å². The number of hydrogen-bond acceptors (Lipinski definition) is 0. The lowest BCUT2D eigenvalue weighted by molar-refractivity contribution is 1.59. The van der Waals surface area contributed by atoms with Crippen molar-refractivity contribution in [1.82, 2.24) is 0 Å². The van der Waals surface area contributed by atoms with Gasteiger partial charge in [-0.05, 0) is 30.7 Å². The van der Waals surface area contributed by atoms with E-state index in [9.17, 15) is 0 Å². The van der Waals surface area contributed by atoms with E-state index in [-0.39, 0.29) is 0 Å². The fourth-order valence-corrected chi connectivity index (χ4v) is 0.379. The fraction of sp³-hybridized carbons (Fsp3) is 0. The van der Waals surface area contributed by atoms with E-state index in [2.05, 4.69) is 19.1 Å². The molecule has 7 heavy (non-hydrogen) atoms. The van der Waals surface area contributed by atoms with Crippen molar-refractivity contribution >= 4 is 0 Å². The monoisotopic (exact) mass is 89.0 g/mol. The van der Waals surface area contributed by atoms with Gasteiger partial charge in [0.05, 0.1) is 0 Å². The minimum atomic E-state index is 0.916. The number of rotatable bonds is 0. The smallest absolute Gasteiger partial charge is 0.0143 e. The Kier molecular flexibility index (Phi) is 1.12. The van der Waals surface area contributed by atoms with Gasteiger partial charge in [-0.3, -0.25) is 0 Å². The molecule has 0 bridgehead atoms. The van der Waals surface area contributed by atoms with Gasteiger partial charge in [0.15, 0.2) is 0 Å².